The predicted octanol–water partition coefficient (Wildman–Crippen LogP) is 6.95. The summed E-state index contributed by atoms with van der Waals surface area (Å²) in [6, 6.07) is 9.51. The van der Waals surface area contributed by atoms with Gasteiger partial charge < -0.3 is 5.32 Å². The molecular weight excluding hydrogens is 885 g/mol. The molecule has 0 saturated heterocycles. The summed E-state index contributed by atoms with van der Waals surface area (Å²) in [6.07, 6.45) is -1.55. The molecule has 3 aromatic carbocycles. The van der Waals surface area contributed by atoms with Crippen LogP contribution in [0, 0.1) is 17.6 Å². The lowest BCUT2D eigenvalue weighted by molar-refractivity contribution is -0.123. The first-order valence-corrected chi connectivity index (χ1v) is 21.2. The highest BCUT2D eigenvalue weighted by atomic mass is 35.5. The number of nitrogens with zero attached hydrogens (tertiary/aromatic N) is 8. The topological polar surface area (TPSA) is 172 Å². The van der Waals surface area contributed by atoms with Crippen LogP contribution in [0.3, 0.4) is 0 Å². The van der Waals surface area contributed by atoms with E-state index in [0.29, 0.717) is 16.3 Å². The fourth-order valence-electron chi connectivity index (χ4n) is 8.36. The Bertz CT molecular complexity index is 3210. The number of benzene rings is 3. The molecule has 0 spiro atoms. The van der Waals surface area contributed by atoms with Gasteiger partial charge in [-0.1, -0.05) is 17.7 Å². The molecule has 2 aliphatic rings. The van der Waals surface area contributed by atoms with Crippen molar-refractivity contribution >= 4 is 55.2 Å². The van der Waals surface area contributed by atoms with Crippen molar-refractivity contribution in [1.82, 2.24) is 44.4 Å². The summed E-state index contributed by atoms with van der Waals surface area (Å²) >= 11 is 6.61. The highest BCUT2D eigenvalue weighted by molar-refractivity contribution is 7.92. The van der Waals surface area contributed by atoms with Gasteiger partial charge in [-0.25, -0.2) is 45.3 Å². The number of anilines is 1. The molecule has 2 N–H and O–H groups in total. The molecule has 1 amide bonds. The maximum absolute atomic E-state index is 15.5. The Labute approximate surface area is 355 Å². The lowest BCUT2D eigenvalue weighted by Crippen LogP contribution is -2.38. The number of aromatic nitrogens is 8. The van der Waals surface area contributed by atoms with Crippen molar-refractivity contribution in [3.8, 4) is 16.9 Å². The van der Waals surface area contributed by atoms with Gasteiger partial charge in [0.15, 0.2) is 11.6 Å². The Morgan fingerprint density at radius 2 is 1.78 bits per heavy atom. The maximum atomic E-state index is 15.5. The molecule has 4 heterocycles. The van der Waals surface area contributed by atoms with Gasteiger partial charge in [0.25, 0.3) is 17.9 Å². The van der Waals surface area contributed by atoms with Crippen molar-refractivity contribution in [1.29, 1.82) is 0 Å². The number of alkyl halides is 5. The van der Waals surface area contributed by atoms with E-state index in [1.165, 1.54) is 54.3 Å². The Kier molecular flexibility index (Phi) is 10.1. The third kappa shape index (κ3) is 7.43. The molecule has 326 valence electrons. The fourth-order valence-corrected chi connectivity index (χ4v) is 9.10. The summed E-state index contributed by atoms with van der Waals surface area (Å²) in [7, 11) is -2.51. The number of hydrogen-bond donors (Lipinski definition) is 2. The molecule has 3 atom stereocenters. The van der Waals surface area contributed by atoms with E-state index in [-0.39, 0.29) is 73.2 Å². The largest absolute Gasteiger partial charge is 0.344 e. The lowest BCUT2D eigenvalue weighted by atomic mass is 10.0. The summed E-state index contributed by atoms with van der Waals surface area (Å²) in [5, 5.41) is 10.6. The average Bonchev–Trinajstić information content (AvgIpc) is 3.75. The van der Waals surface area contributed by atoms with E-state index in [4.69, 9.17) is 16.6 Å². The molecule has 0 unspecified atom stereocenters. The van der Waals surface area contributed by atoms with E-state index in [1.807, 2.05) is 0 Å². The third-order valence-corrected chi connectivity index (χ3v) is 11.8. The number of halogens is 8. The van der Waals surface area contributed by atoms with Gasteiger partial charge in [-0.3, -0.25) is 28.2 Å². The maximum Gasteiger partial charge on any atom is 0.293 e. The van der Waals surface area contributed by atoms with Crippen molar-refractivity contribution in [2.75, 3.05) is 11.0 Å². The minimum atomic E-state index is -3.94. The van der Waals surface area contributed by atoms with E-state index in [2.05, 4.69) is 30.2 Å². The molecule has 7 aromatic rings. The van der Waals surface area contributed by atoms with E-state index in [9.17, 15) is 40.0 Å². The second-order valence-corrected chi connectivity index (χ2v) is 17.4. The highest BCUT2D eigenvalue weighted by Gasteiger charge is 2.67. The monoisotopic (exact) mass is 914 g/mol. The quantitative estimate of drug-likeness (QED) is 0.123. The van der Waals surface area contributed by atoms with Crippen LogP contribution in [0.5, 0.6) is 0 Å². The van der Waals surface area contributed by atoms with Crippen LogP contribution in [-0.4, -0.2) is 59.7 Å². The predicted molar refractivity (Wildman–Crippen MR) is 214 cm³/mol. The molecule has 63 heavy (non-hydrogen) atoms. The van der Waals surface area contributed by atoms with Crippen LogP contribution in [0.1, 0.15) is 59.0 Å². The van der Waals surface area contributed by atoms with E-state index < -0.39 is 94.4 Å². The van der Waals surface area contributed by atoms with Crippen LogP contribution in [0.4, 0.5) is 36.6 Å². The molecule has 0 radical (unpaired) electrons. The van der Waals surface area contributed by atoms with Gasteiger partial charge in [-0.05, 0) is 60.4 Å². The number of amides is 1. The van der Waals surface area contributed by atoms with Gasteiger partial charge in [0, 0.05) is 42.8 Å². The van der Waals surface area contributed by atoms with Crippen molar-refractivity contribution in [3.05, 3.63) is 122 Å². The first-order valence-electron chi connectivity index (χ1n) is 18.9. The Morgan fingerprint density at radius 3 is 2.48 bits per heavy atom. The number of sulfonamides is 1. The van der Waals surface area contributed by atoms with E-state index >= 15 is 8.78 Å². The van der Waals surface area contributed by atoms with Gasteiger partial charge >= 0.3 is 0 Å². The van der Waals surface area contributed by atoms with E-state index in [0.717, 1.165) is 23.0 Å². The minimum Gasteiger partial charge on any atom is -0.344 e. The molecule has 0 bridgehead atoms. The Morgan fingerprint density at radius 1 is 1.03 bits per heavy atom. The average molecular weight is 915 g/mol. The van der Waals surface area contributed by atoms with Crippen molar-refractivity contribution in [2.24, 2.45) is 13.0 Å². The molecule has 0 aliphatic heterocycles. The highest BCUT2D eigenvalue weighted by Crippen LogP contribution is 2.68. The van der Waals surface area contributed by atoms with Crippen LogP contribution in [0.15, 0.2) is 65.6 Å². The number of fused-ring (bicyclic) bond motifs is 5. The molecule has 1 saturated carbocycles. The Balaban J connectivity index is 1.26. The summed E-state index contributed by atoms with van der Waals surface area (Å²) in [5.41, 5.74) is -2.24. The van der Waals surface area contributed by atoms with Gasteiger partial charge in [0.2, 0.25) is 15.9 Å². The number of carbonyl (C=O) groups excluding carboxylic acids is 1. The zero-order valence-corrected chi connectivity index (χ0v) is 34.1. The summed E-state index contributed by atoms with van der Waals surface area (Å²) in [4.78, 5) is 42.0. The zero-order valence-electron chi connectivity index (χ0n) is 32.6. The van der Waals surface area contributed by atoms with Crippen LogP contribution in [-0.2, 0) is 47.4 Å². The van der Waals surface area contributed by atoms with Crippen LogP contribution >= 0.6 is 11.6 Å². The smallest absolute Gasteiger partial charge is 0.293 e. The molecular formula is C40H30ClF7N10O4S. The van der Waals surface area contributed by atoms with Gasteiger partial charge in [0.05, 0.1) is 50.5 Å². The lowest BCUT2D eigenvalue weighted by Gasteiger charge is -2.24. The third-order valence-electron chi connectivity index (χ3n) is 10.9. The number of aryl methyl sites for hydroxylation is 1. The molecule has 1 fully saturated rings. The normalized spacial score (nSPS) is 17.0. The SMILES string of the molecule is Cn1nc(NS(C)(=O)=O)c2c(Cl)ccc(-n3c([C@H](Cc4cc(F)cc(F)c4)NC(=O)Cn4nc(C(F)F)c5c4C(F)(F)[C@@H]4C[C@H]54)nc4cc(-c5ccnc(CF)n5)ccc4c3=O)c21. The second-order valence-electron chi connectivity index (χ2n) is 15.3. The number of nitrogens with one attached hydrogen (secondary N) is 2. The van der Waals surface area contributed by atoms with E-state index in [1.54, 1.807) is 0 Å². The van der Waals surface area contributed by atoms with Gasteiger partial charge in [-0.15, -0.1) is 0 Å². The van der Waals surface area contributed by atoms with Crippen molar-refractivity contribution in [3.63, 3.8) is 0 Å². The van der Waals surface area contributed by atoms with Crippen LogP contribution in [0.25, 0.3) is 38.8 Å². The second kappa shape index (κ2) is 15.1. The molecule has 2 aliphatic carbocycles. The van der Waals surface area contributed by atoms with Crippen molar-refractivity contribution < 1.29 is 43.9 Å². The molecule has 14 nitrogen and oxygen atoms in total. The summed E-state index contributed by atoms with van der Waals surface area (Å²) < 4.78 is 132. The molecule has 23 heteroatoms. The molecule has 9 rings (SSSR count). The first kappa shape index (κ1) is 41.9. The van der Waals surface area contributed by atoms with Crippen LogP contribution in [0.2, 0.25) is 5.02 Å². The number of hydrogen-bond acceptors (Lipinski definition) is 9. The number of rotatable bonds is 12. The summed E-state index contributed by atoms with van der Waals surface area (Å²) in [6.45, 7) is -2.00. The Hall–Kier alpha value is -6.42. The summed E-state index contributed by atoms with van der Waals surface area (Å²) in [5.74, 6) is -9.41. The fraction of sp³-hybridized carbons (Fsp3) is 0.275. The van der Waals surface area contributed by atoms with Crippen LogP contribution < -0.4 is 15.6 Å². The standard InChI is InChI=1S/C40H30ClF7N10O4S/c1-56-34-28(6-5-24(41)32(34)37(54-56)55-63(2,61)62)58-38(52-26-12-18(3-4-21(26)39(58)60)25-7-8-49-29(15-42)50-25)27(11-17-9-19(43)13-20(44)10-17)51-30(59)16-57-35-31(33(53-57)36(45)46)22-14-23(22)40(35,47)48/h3-10,12-13,22-23,27,36H,11,14-16H2,1-2H3,(H,51,59)(H,54,55)/t22-,23+,27-/m0/s1. The zero-order chi connectivity index (χ0) is 44.9. The number of carbonyl (C=O) groups is 1. The van der Waals surface area contributed by atoms with Gasteiger partial charge in [-0.2, -0.15) is 19.0 Å². The molecule has 4 aromatic heterocycles. The van der Waals surface area contributed by atoms with Crippen molar-refractivity contribution in [2.45, 2.75) is 50.4 Å². The first-order chi connectivity index (χ1) is 29.8. The van der Waals surface area contributed by atoms with Gasteiger partial charge in [0.1, 0.15) is 42.1 Å². The minimum absolute atomic E-state index is 0.00272.